The van der Waals surface area contributed by atoms with Crippen molar-refractivity contribution in [3.63, 3.8) is 0 Å². The zero-order chi connectivity index (χ0) is 17.2. The number of nitrogens with zero attached hydrogens (tertiary/aromatic N) is 4. The summed E-state index contributed by atoms with van der Waals surface area (Å²) in [7, 11) is -3.67. The van der Waals surface area contributed by atoms with Crippen LogP contribution in [0, 0.1) is 6.92 Å². The Morgan fingerprint density at radius 2 is 2.04 bits per heavy atom. The highest BCUT2D eigenvalue weighted by Crippen LogP contribution is 2.19. The molecule has 2 aromatic heterocycles. The maximum Gasteiger partial charge on any atom is 0.265 e. The van der Waals surface area contributed by atoms with Gasteiger partial charge in [-0.15, -0.1) is 0 Å². The van der Waals surface area contributed by atoms with Gasteiger partial charge in [0.05, 0.1) is 12.2 Å². The molecule has 0 saturated carbocycles. The van der Waals surface area contributed by atoms with Gasteiger partial charge in [0.25, 0.3) is 10.0 Å². The Bertz CT molecular complexity index is 929. The smallest absolute Gasteiger partial charge is 0.265 e. The summed E-state index contributed by atoms with van der Waals surface area (Å²) in [6, 6.07) is 9.13. The Labute approximate surface area is 141 Å². The maximum atomic E-state index is 12.6. The third-order valence-corrected chi connectivity index (χ3v) is 5.08. The van der Waals surface area contributed by atoms with E-state index in [1.807, 2.05) is 31.3 Å². The lowest BCUT2D eigenvalue weighted by molar-refractivity contribution is 0.600. The van der Waals surface area contributed by atoms with E-state index in [2.05, 4.69) is 14.9 Å². The first-order valence-corrected chi connectivity index (χ1v) is 9.09. The molecule has 3 aromatic rings. The fourth-order valence-electron chi connectivity index (χ4n) is 2.45. The number of sulfonamides is 1. The van der Waals surface area contributed by atoms with Crippen molar-refractivity contribution >= 4 is 15.7 Å². The molecule has 0 saturated heterocycles. The van der Waals surface area contributed by atoms with Crippen molar-refractivity contribution < 1.29 is 8.42 Å². The molecule has 0 aliphatic heterocycles. The molecular weight excluding hydrogens is 326 g/mol. The predicted octanol–water partition coefficient (Wildman–Crippen LogP) is 2.26. The average molecular weight is 345 g/mol. The minimum absolute atomic E-state index is 0.196. The van der Waals surface area contributed by atoms with Gasteiger partial charge in [0, 0.05) is 30.8 Å². The zero-order valence-electron chi connectivity index (χ0n) is 13.5. The molecule has 0 radical (unpaired) electrons. The van der Waals surface area contributed by atoms with E-state index in [1.54, 1.807) is 40.8 Å². The van der Waals surface area contributed by atoms with Crippen LogP contribution in [0.25, 0.3) is 0 Å². The number of aryl methyl sites for hydroxylation is 2. The lowest BCUT2D eigenvalue weighted by Crippen LogP contribution is -2.13. The zero-order valence-corrected chi connectivity index (χ0v) is 14.4. The maximum absolute atomic E-state index is 12.6. The van der Waals surface area contributed by atoms with E-state index < -0.39 is 10.0 Å². The van der Waals surface area contributed by atoms with Gasteiger partial charge in [-0.05, 0) is 37.6 Å². The number of rotatable bonds is 6. The number of hydrogen-bond donors (Lipinski definition) is 1. The average Bonchev–Trinajstić information content (AvgIpc) is 3.16. The normalized spacial score (nSPS) is 11.6. The van der Waals surface area contributed by atoms with Crippen LogP contribution < -0.4 is 4.72 Å². The summed E-state index contributed by atoms with van der Waals surface area (Å²) in [5, 5.41) is 8.34. The molecule has 1 aromatic carbocycles. The Balaban J connectivity index is 1.83. The van der Waals surface area contributed by atoms with E-state index >= 15 is 0 Å². The van der Waals surface area contributed by atoms with Gasteiger partial charge >= 0.3 is 0 Å². The molecule has 7 nitrogen and oxygen atoms in total. The molecule has 0 spiro atoms. The van der Waals surface area contributed by atoms with Gasteiger partial charge < -0.3 is 0 Å². The predicted molar refractivity (Wildman–Crippen MR) is 91.2 cm³/mol. The first-order valence-electron chi connectivity index (χ1n) is 7.61. The van der Waals surface area contributed by atoms with E-state index in [1.165, 1.54) is 0 Å². The summed E-state index contributed by atoms with van der Waals surface area (Å²) in [4.78, 5) is 0.196. The molecule has 0 unspecified atom stereocenters. The molecular formula is C16H19N5O2S. The summed E-state index contributed by atoms with van der Waals surface area (Å²) >= 11 is 0. The number of benzene rings is 1. The van der Waals surface area contributed by atoms with Crippen LogP contribution in [0.2, 0.25) is 0 Å². The van der Waals surface area contributed by atoms with E-state index in [0.29, 0.717) is 24.5 Å². The van der Waals surface area contributed by atoms with Crippen molar-refractivity contribution in [1.82, 2.24) is 19.6 Å². The lowest BCUT2D eigenvalue weighted by atomic mass is 10.2. The Hall–Kier alpha value is -2.61. The van der Waals surface area contributed by atoms with Gasteiger partial charge in [-0.3, -0.25) is 14.1 Å². The van der Waals surface area contributed by atoms with Crippen molar-refractivity contribution in [2.75, 3.05) is 4.72 Å². The Morgan fingerprint density at radius 1 is 1.21 bits per heavy atom. The van der Waals surface area contributed by atoms with Crippen LogP contribution in [-0.2, 0) is 23.1 Å². The standard InChI is InChI=1S/C16H19N5O2S/c1-3-20-12-16(13(2)18-20)24(22,23)19-15-7-4-6-14(10-15)11-21-9-5-8-17-21/h4-10,12,19H,3,11H2,1-2H3. The molecule has 0 bridgehead atoms. The molecule has 1 N–H and O–H groups in total. The van der Waals surface area contributed by atoms with Crippen molar-refractivity contribution in [3.8, 4) is 0 Å². The van der Waals surface area contributed by atoms with Gasteiger partial charge in [0.2, 0.25) is 0 Å². The first kappa shape index (κ1) is 16.3. The van der Waals surface area contributed by atoms with Crippen molar-refractivity contribution in [1.29, 1.82) is 0 Å². The first-order chi connectivity index (χ1) is 11.5. The lowest BCUT2D eigenvalue weighted by Gasteiger charge is -2.09. The second-order valence-electron chi connectivity index (χ2n) is 5.44. The fourth-order valence-corrected chi connectivity index (χ4v) is 3.69. The molecule has 0 amide bonds. The SMILES string of the molecule is CCn1cc(S(=O)(=O)Nc2cccc(Cn3cccn3)c2)c(C)n1. The highest BCUT2D eigenvalue weighted by atomic mass is 32.2. The van der Waals surface area contributed by atoms with Crippen molar-refractivity contribution in [2.24, 2.45) is 0 Å². The van der Waals surface area contributed by atoms with Crippen LogP contribution >= 0.6 is 0 Å². The summed E-state index contributed by atoms with van der Waals surface area (Å²) in [5.74, 6) is 0. The van der Waals surface area contributed by atoms with E-state index in [0.717, 1.165) is 5.56 Å². The minimum atomic E-state index is -3.67. The largest absolute Gasteiger partial charge is 0.280 e. The minimum Gasteiger partial charge on any atom is -0.280 e. The number of aromatic nitrogens is 4. The second kappa shape index (κ2) is 6.48. The summed E-state index contributed by atoms with van der Waals surface area (Å²) in [6.07, 6.45) is 5.12. The highest BCUT2D eigenvalue weighted by molar-refractivity contribution is 7.92. The van der Waals surface area contributed by atoms with Gasteiger partial charge in [0.15, 0.2) is 0 Å². The number of anilines is 1. The van der Waals surface area contributed by atoms with Crippen LogP contribution in [0.1, 0.15) is 18.2 Å². The van der Waals surface area contributed by atoms with Crippen LogP contribution in [-0.4, -0.2) is 28.0 Å². The third-order valence-electron chi connectivity index (χ3n) is 3.60. The van der Waals surface area contributed by atoms with E-state index in [4.69, 9.17) is 0 Å². The van der Waals surface area contributed by atoms with Gasteiger partial charge in [0.1, 0.15) is 4.90 Å². The molecule has 0 aliphatic carbocycles. The van der Waals surface area contributed by atoms with E-state index in [-0.39, 0.29) is 4.90 Å². The summed E-state index contributed by atoms with van der Waals surface area (Å²) in [6.45, 7) is 4.80. The molecule has 0 fully saturated rings. The van der Waals surface area contributed by atoms with Crippen LogP contribution in [0.4, 0.5) is 5.69 Å². The topological polar surface area (TPSA) is 81.8 Å². The van der Waals surface area contributed by atoms with Gasteiger partial charge in [-0.25, -0.2) is 8.42 Å². The summed E-state index contributed by atoms with van der Waals surface area (Å²) < 4.78 is 31.2. The molecule has 3 rings (SSSR count). The molecule has 126 valence electrons. The number of hydrogen-bond acceptors (Lipinski definition) is 4. The van der Waals surface area contributed by atoms with Gasteiger partial charge in [-0.2, -0.15) is 10.2 Å². The van der Waals surface area contributed by atoms with Crippen LogP contribution in [0.15, 0.2) is 53.8 Å². The van der Waals surface area contributed by atoms with Crippen molar-refractivity contribution in [2.45, 2.75) is 31.8 Å². The van der Waals surface area contributed by atoms with E-state index in [9.17, 15) is 8.42 Å². The molecule has 0 aliphatic rings. The highest BCUT2D eigenvalue weighted by Gasteiger charge is 2.20. The molecule has 8 heteroatoms. The van der Waals surface area contributed by atoms with Crippen molar-refractivity contribution in [3.05, 3.63) is 60.2 Å². The molecule has 24 heavy (non-hydrogen) atoms. The fraction of sp³-hybridized carbons (Fsp3) is 0.250. The third kappa shape index (κ3) is 3.48. The summed E-state index contributed by atoms with van der Waals surface area (Å²) in [5.41, 5.74) is 1.96. The Kier molecular flexibility index (Phi) is 4.39. The quantitative estimate of drug-likeness (QED) is 0.743. The second-order valence-corrected chi connectivity index (χ2v) is 7.09. The van der Waals surface area contributed by atoms with Crippen LogP contribution in [0.5, 0.6) is 0 Å². The molecule has 0 atom stereocenters. The van der Waals surface area contributed by atoms with Crippen LogP contribution in [0.3, 0.4) is 0 Å². The monoisotopic (exact) mass is 345 g/mol. The molecule has 2 heterocycles. The Morgan fingerprint density at radius 3 is 2.71 bits per heavy atom. The van der Waals surface area contributed by atoms with Gasteiger partial charge in [-0.1, -0.05) is 12.1 Å². The number of nitrogens with one attached hydrogen (secondary N) is 1.